The summed E-state index contributed by atoms with van der Waals surface area (Å²) in [7, 11) is 0. The van der Waals surface area contributed by atoms with Gasteiger partial charge in [0.15, 0.2) is 12.0 Å². The van der Waals surface area contributed by atoms with Crippen LogP contribution in [0.5, 0.6) is 5.75 Å². The third-order valence-electron chi connectivity index (χ3n) is 4.78. The molecule has 0 saturated carbocycles. The van der Waals surface area contributed by atoms with Gasteiger partial charge in [-0.3, -0.25) is 14.2 Å². The Morgan fingerprint density at radius 3 is 2.77 bits per heavy atom. The molecular formula is C22H21Cl2F2N5O4. The molecule has 35 heavy (non-hydrogen) atoms. The fourth-order valence-corrected chi connectivity index (χ4v) is 3.49. The fraction of sp³-hybridized carbons (Fsp3) is 0.273. The molecule has 2 heterocycles. The van der Waals surface area contributed by atoms with Crippen LogP contribution < -0.4 is 25.7 Å². The quantitative estimate of drug-likeness (QED) is 0.309. The van der Waals surface area contributed by atoms with E-state index in [0.717, 1.165) is 23.0 Å². The van der Waals surface area contributed by atoms with Crippen LogP contribution in [0.3, 0.4) is 0 Å². The first-order chi connectivity index (χ1) is 16.6. The minimum Gasteiger partial charge on any atom is -0.618 e. The van der Waals surface area contributed by atoms with Crippen LogP contribution in [-0.2, 0) is 23.8 Å². The molecule has 9 nitrogen and oxygen atoms in total. The highest BCUT2D eigenvalue weighted by molar-refractivity contribution is 6.30. The van der Waals surface area contributed by atoms with Crippen molar-refractivity contribution in [3.05, 3.63) is 85.8 Å². The van der Waals surface area contributed by atoms with Crippen LogP contribution in [0, 0.1) is 5.21 Å². The van der Waals surface area contributed by atoms with Gasteiger partial charge in [0.25, 0.3) is 11.3 Å². The average molecular weight is 528 g/mol. The van der Waals surface area contributed by atoms with E-state index in [2.05, 4.69) is 15.6 Å². The number of anilines is 1. The van der Waals surface area contributed by atoms with Gasteiger partial charge in [0.1, 0.15) is 17.4 Å². The lowest BCUT2D eigenvalue weighted by atomic mass is 10.2. The molecule has 0 fully saturated rings. The first-order valence-corrected chi connectivity index (χ1v) is 11.1. The van der Waals surface area contributed by atoms with E-state index in [1.807, 2.05) is 6.92 Å². The highest BCUT2D eigenvalue weighted by Gasteiger charge is 2.39. The number of carbonyl (C=O) groups is 1. The largest absolute Gasteiger partial charge is 0.618 e. The molecule has 1 aromatic carbocycles. The molecule has 0 saturated heterocycles. The van der Waals surface area contributed by atoms with Gasteiger partial charge in [0, 0.05) is 29.3 Å². The van der Waals surface area contributed by atoms with E-state index in [-0.39, 0.29) is 16.4 Å². The minimum absolute atomic E-state index is 0.0382. The van der Waals surface area contributed by atoms with Crippen molar-refractivity contribution in [2.75, 3.05) is 18.5 Å². The van der Waals surface area contributed by atoms with Crippen LogP contribution in [0.4, 0.5) is 14.6 Å². The second-order valence-electron chi connectivity index (χ2n) is 7.25. The second kappa shape index (κ2) is 11.3. The molecule has 186 valence electrons. The predicted molar refractivity (Wildman–Crippen MR) is 126 cm³/mol. The summed E-state index contributed by atoms with van der Waals surface area (Å²) >= 11 is 12.0. The molecule has 13 heteroatoms. The molecule has 3 aromatic rings. The Balaban J connectivity index is 1.70. The average Bonchev–Trinajstić information content (AvgIpc) is 2.81. The van der Waals surface area contributed by atoms with Crippen molar-refractivity contribution < 1.29 is 23.0 Å². The molecule has 2 N–H and O–H groups in total. The topological polar surface area (TPSA) is 112 Å². The third-order valence-corrected chi connectivity index (χ3v) is 5.32. The van der Waals surface area contributed by atoms with E-state index in [9.17, 15) is 23.6 Å². The number of hydrogen-bond acceptors (Lipinski definition) is 6. The van der Waals surface area contributed by atoms with Crippen molar-refractivity contribution in [1.82, 2.24) is 14.9 Å². The summed E-state index contributed by atoms with van der Waals surface area (Å²) in [6.45, 7) is 0.724. The number of aromatic nitrogens is 3. The molecular weight excluding hydrogens is 507 g/mol. The summed E-state index contributed by atoms with van der Waals surface area (Å²) in [5.74, 6) is -4.09. The molecule has 0 aliphatic heterocycles. The molecule has 3 rings (SSSR count). The maximum absolute atomic E-state index is 14.5. The van der Waals surface area contributed by atoms with Gasteiger partial charge in [-0.1, -0.05) is 23.2 Å². The monoisotopic (exact) mass is 527 g/mol. The van der Waals surface area contributed by atoms with Crippen LogP contribution in [-0.4, -0.2) is 28.6 Å². The number of amides is 1. The van der Waals surface area contributed by atoms with Crippen molar-refractivity contribution in [1.29, 1.82) is 0 Å². The lowest BCUT2D eigenvalue weighted by Crippen LogP contribution is -2.41. The van der Waals surface area contributed by atoms with Gasteiger partial charge in [-0.2, -0.15) is 13.5 Å². The molecule has 0 spiro atoms. The zero-order valence-electron chi connectivity index (χ0n) is 18.4. The van der Waals surface area contributed by atoms with E-state index in [1.165, 1.54) is 12.1 Å². The zero-order valence-corrected chi connectivity index (χ0v) is 19.9. The van der Waals surface area contributed by atoms with Gasteiger partial charge < -0.3 is 20.6 Å². The maximum atomic E-state index is 14.5. The van der Waals surface area contributed by atoms with Crippen LogP contribution in [0.25, 0.3) is 0 Å². The number of ether oxygens (including phenoxy) is 1. The number of hydrogen-bond donors (Lipinski definition) is 2. The third kappa shape index (κ3) is 6.58. The SMILES string of the molecule is CCOc1ccc(Cl)cc1CNC(=O)Cn1c(Cl)cnc(NCC(F)(F)c2cccc[n+]2[O-])c1=O. The van der Waals surface area contributed by atoms with Crippen molar-refractivity contribution in [3.63, 3.8) is 0 Å². The number of benzene rings is 1. The number of nitrogens with zero attached hydrogens (tertiary/aromatic N) is 3. The van der Waals surface area contributed by atoms with E-state index in [1.54, 1.807) is 18.2 Å². The Kier molecular flexibility index (Phi) is 8.47. The summed E-state index contributed by atoms with van der Waals surface area (Å²) in [4.78, 5) is 29.0. The summed E-state index contributed by atoms with van der Waals surface area (Å²) in [5.41, 5.74) is -1.06. The minimum atomic E-state index is -3.60. The summed E-state index contributed by atoms with van der Waals surface area (Å²) < 4.78 is 35.4. The van der Waals surface area contributed by atoms with Crippen molar-refractivity contribution in [2.24, 2.45) is 0 Å². The maximum Gasteiger partial charge on any atom is 0.347 e. The van der Waals surface area contributed by atoms with Gasteiger partial charge >= 0.3 is 5.92 Å². The highest BCUT2D eigenvalue weighted by Crippen LogP contribution is 2.25. The Bertz CT molecular complexity index is 1270. The van der Waals surface area contributed by atoms with E-state index >= 15 is 0 Å². The number of rotatable bonds is 10. The summed E-state index contributed by atoms with van der Waals surface area (Å²) in [6, 6.07) is 8.55. The van der Waals surface area contributed by atoms with Crippen LogP contribution in [0.1, 0.15) is 18.2 Å². The van der Waals surface area contributed by atoms with E-state index < -0.39 is 42.0 Å². The summed E-state index contributed by atoms with van der Waals surface area (Å²) in [6.07, 6.45) is 1.99. The number of alkyl halides is 2. The van der Waals surface area contributed by atoms with E-state index in [0.29, 0.717) is 22.9 Å². The second-order valence-corrected chi connectivity index (χ2v) is 8.08. The van der Waals surface area contributed by atoms with Gasteiger partial charge in [-0.05, 0) is 31.2 Å². The normalized spacial score (nSPS) is 11.2. The summed E-state index contributed by atoms with van der Waals surface area (Å²) in [5, 5.41) is 16.8. The van der Waals surface area contributed by atoms with Crippen LogP contribution >= 0.6 is 23.2 Å². The van der Waals surface area contributed by atoms with E-state index in [4.69, 9.17) is 27.9 Å². The lowest BCUT2D eigenvalue weighted by molar-refractivity contribution is -0.624. The van der Waals surface area contributed by atoms with Crippen molar-refractivity contribution >= 4 is 34.9 Å². The molecule has 0 unspecified atom stereocenters. The Morgan fingerprint density at radius 2 is 2.06 bits per heavy atom. The van der Waals surface area contributed by atoms with Crippen LogP contribution in [0.2, 0.25) is 10.2 Å². The molecule has 0 radical (unpaired) electrons. The highest BCUT2D eigenvalue weighted by atomic mass is 35.5. The molecule has 0 bridgehead atoms. The number of nitrogens with one attached hydrogen (secondary N) is 2. The Morgan fingerprint density at radius 1 is 1.29 bits per heavy atom. The fourth-order valence-electron chi connectivity index (χ4n) is 3.11. The first-order valence-electron chi connectivity index (χ1n) is 10.4. The number of halogens is 4. The molecule has 0 aliphatic rings. The smallest absolute Gasteiger partial charge is 0.347 e. The number of carbonyl (C=O) groups excluding carboxylic acids is 1. The Hall–Kier alpha value is -3.44. The van der Waals surface area contributed by atoms with Crippen LogP contribution in [0.15, 0.2) is 53.6 Å². The first kappa shape index (κ1) is 26.2. The van der Waals surface area contributed by atoms with Gasteiger partial charge in [-0.15, -0.1) is 0 Å². The Labute approximate surface area is 208 Å². The standard InChI is InChI=1S/C22H21Cl2F2N5O4/c1-2-35-16-7-6-15(23)9-14(16)10-27-19(32)12-30-18(24)11-28-20(21(30)33)29-13-22(25,26)17-5-3-4-8-31(17)34/h3-9,11H,2,10,12-13H2,1H3,(H,27,32)(H,28,29). The number of pyridine rings is 1. The lowest BCUT2D eigenvalue weighted by Gasteiger charge is -2.17. The van der Waals surface area contributed by atoms with Gasteiger partial charge in [-0.25, -0.2) is 4.98 Å². The van der Waals surface area contributed by atoms with Crippen molar-refractivity contribution in [3.8, 4) is 5.75 Å². The van der Waals surface area contributed by atoms with Gasteiger partial charge in [0.2, 0.25) is 5.91 Å². The molecule has 1 amide bonds. The van der Waals surface area contributed by atoms with Crippen molar-refractivity contribution in [2.45, 2.75) is 25.9 Å². The predicted octanol–water partition coefficient (Wildman–Crippen LogP) is 3.10. The molecule has 2 aromatic heterocycles. The molecule has 0 aliphatic carbocycles. The zero-order chi connectivity index (χ0) is 25.6. The molecule has 0 atom stereocenters. The van der Waals surface area contributed by atoms with Gasteiger partial charge in [0.05, 0.1) is 19.3 Å².